The van der Waals surface area contributed by atoms with E-state index in [1.807, 2.05) is 0 Å². The molecule has 1 aromatic carbocycles. The van der Waals surface area contributed by atoms with Crippen molar-refractivity contribution in [1.82, 2.24) is 0 Å². The summed E-state index contributed by atoms with van der Waals surface area (Å²) >= 11 is 0. The Bertz CT molecular complexity index is 445. The first kappa shape index (κ1) is 17.9. The molecule has 0 aromatic heterocycles. The second-order valence-electron chi connectivity index (χ2n) is 6.43. The van der Waals surface area contributed by atoms with E-state index in [1.165, 1.54) is 60.8 Å². The molecule has 0 amide bonds. The van der Waals surface area contributed by atoms with Crippen molar-refractivity contribution in [2.45, 2.75) is 86.0 Å². The molecule has 0 aliphatic rings. The highest BCUT2D eigenvalue weighted by atomic mass is 16.1. The highest BCUT2D eigenvalue weighted by molar-refractivity contribution is 5.99. The molecule has 1 nitrogen and oxygen atoms in total. The fraction of sp³-hybridized carbons (Fsp3) is 0.650. The van der Waals surface area contributed by atoms with E-state index in [2.05, 4.69) is 40.7 Å². The van der Waals surface area contributed by atoms with Crippen molar-refractivity contribution in [3.8, 4) is 0 Å². The lowest BCUT2D eigenvalue weighted by molar-refractivity contribution is 0.0977. The van der Waals surface area contributed by atoms with Crippen LogP contribution in [-0.2, 0) is 0 Å². The van der Waals surface area contributed by atoms with Gasteiger partial charge < -0.3 is 0 Å². The number of ketones is 1. The highest BCUT2D eigenvalue weighted by Crippen LogP contribution is 2.23. The predicted octanol–water partition coefficient (Wildman–Crippen LogP) is 6.24. The van der Waals surface area contributed by atoms with Gasteiger partial charge in [-0.15, -0.1) is 0 Å². The molecule has 1 aromatic rings. The minimum atomic E-state index is 0.338. The molecule has 0 saturated carbocycles. The molecule has 0 aliphatic carbocycles. The zero-order chi connectivity index (χ0) is 15.8. The van der Waals surface area contributed by atoms with Gasteiger partial charge in [-0.25, -0.2) is 0 Å². The van der Waals surface area contributed by atoms with Crippen LogP contribution in [0.4, 0.5) is 0 Å². The normalized spacial score (nSPS) is 10.9. The number of aryl methyl sites for hydroxylation is 2. The van der Waals surface area contributed by atoms with Gasteiger partial charge in [0.05, 0.1) is 0 Å². The van der Waals surface area contributed by atoms with Gasteiger partial charge in [0, 0.05) is 12.0 Å². The van der Waals surface area contributed by atoms with E-state index in [1.54, 1.807) is 0 Å². The average molecular weight is 288 g/mol. The number of hydrogen-bond acceptors (Lipinski definition) is 1. The molecule has 0 aliphatic heterocycles. The maximum atomic E-state index is 12.5. The van der Waals surface area contributed by atoms with E-state index in [0.717, 1.165) is 12.0 Å². The Balaban J connectivity index is 2.50. The first-order valence-corrected chi connectivity index (χ1v) is 8.59. The molecular formula is C20H32O. The number of hydrogen-bond donors (Lipinski definition) is 0. The van der Waals surface area contributed by atoms with Gasteiger partial charge in [-0.1, -0.05) is 51.5 Å². The topological polar surface area (TPSA) is 17.1 Å². The Kier molecular flexibility index (Phi) is 7.71. The largest absolute Gasteiger partial charge is 0.294 e. The molecule has 0 atom stereocenters. The van der Waals surface area contributed by atoms with E-state index in [0.29, 0.717) is 12.2 Å². The van der Waals surface area contributed by atoms with E-state index in [9.17, 15) is 4.79 Å². The van der Waals surface area contributed by atoms with Gasteiger partial charge in [-0.2, -0.15) is 0 Å². The molecule has 0 radical (unpaired) electrons. The first-order chi connectivity index (χ1) is 9.99. The number of benzene rings is 1. The van der Waals surface area contributed by atoms with Gasteiger partial charge >= 0.3 is 0 Å². The maximum Gasteiger partial charge on any atom is 0.163 e. The summed E-state index contributed by atoms with van der Waals surface area (Å²) in [4.78, 5) is 12.5. The zero-order valence-corrected chi connectivity index (χ0v) is 14.6. The molecule has 0 spiro atoms. The second kappa shape index (κ2) is 9.02. The lowest BCUT2D eigenvalue weighted by Gasteiger charge is -2.14. The molecule has 1 heteroatoms. The molecular weight excluding hydrogens is 256 g/mol. The minimum Gasteiger partial charge on any atom is -0.294 e. The Morgan fingerprint density at radius 2 is 1.29 bits per heavy atom. The summed E-state index contributed by atoms with van der Waals surface area (Å²) in [5.41, 5.74) is 5.80. The van der Waals surface area contributed by atoms with Crippen LogP contribution in [0, 0.1) is 27.7 Å². The summed E-state index contributed by atoms with van der Waals surface area (Å²) < 4.78 is 0. The van der Waals surface area contributed by atoms with E-state index < -0.39 is 0 Å². The molecule has 0 bridgehead atoms. The standard InChI is InChI=1S/C20H32O/c1-6-7-8-9-10-11-12-13-19(21)20-17(4)15(2)14-16(3)18(20)5/h14H,6-13H2,1-5H3. The van der Waals surface area contributed by atoms with Crippen LogP contribution >= 0.6 is 0 Å². The van der Waals surface area contributed by atoms with Crippen LogP contribution in [0.3, 0.4) is 0 Å². The molecule has 0 unspecified atom stereocenters. The number of rotatable bonds is 9. The van der Waals surface area contributed by atoms with Crippen molar-refractivity contribution in [2.24, 2.45) is 0 Å². The van der Waals surface area contributed by atoms with E-state index in [-0.39, 0.29) is 0 Å². The van der Waals surface area contributed by atoms with Gasteiger partial charge in [0.15, 0.2) is 5.78 Å². The number of unbranched alkanes of at least 4 members (excludes halogenated alkanes) is 6. The summed E-state index contributed by atoms with van der Waals surface area (Å²) in [6.07, 6.45) is 9.53. The Morgan fingerprint density at radius 3 is 1.81 bits per heavy atom. The molecule has 0 N–H and O–H groups in total. The van der Waals surface area contributed by atoms with Crippen molar-refractivity contribution < 1.29 is 4.79 Å². The summed E-state index contributed by atoms with van der Waals surface area (Å²) in [5.74, 6) is 0.338. The minimum absolute atomic E-state index is 0.338. The molecule has 1 rings (SSSR count). The second-order valence-corrected chi connectivity index (χ2v) is 6.43. The van der Waals surface area contributed by atoms with Crippen molar-refractivity contribution >= 4 is 5.78 Å². The molecule has 21 heavy (non-hydrogen) atoms. The monoisotopic (exact) mass is 288 g/mol. The third-order valence-corrected chi connectivity index (χ3v) is 4.65. The highest BCUT2D eigenvalue weighted by Gasteiger charge is 2.15. The average Bonchev–Trinajstić information content (AvgIpc) is 2.44. The number of carbonyl (C=O) groups excluding carboxylic acids is 1. The Hall–Kier alpha value is -1.11. The predicted molar refractivity (Wildman–Crippen MR) is 92.3 cm³/mol. The quantitative estimate of drug-likeness (QED) is 0.388. The smallest absolute Gasteiger partial charge is 0.163 e. The van der Waals surface area contributed by atoms with E-state index in [4.69, 9.17) is 0 Å². The lowest BCUT2D eigenvalue weighted by atomic mass is 9.90. The zero-order valence-electron chi connectivity index (χ0n) is 14.6. The SMILES string of the molecule is CCCCCCCCCC(=O)c1c(C)c(C)cc(C)c1C. The third-order valence-electron chi connectivity index (χ3n) is 4.65. The van der Waals surface area contributed by atoms with Gasteiger partial charge in [0.1, 0.15) is 0 Å². The summed E-state index contributed by atoms with van der Waals surface area (Å²) in [6, 6.07) is 2.19. The lowest BCUT2D eigenvalue weighted by Crippen LogP contribution is -2.07. The summed E-state index contributed by atoms with van der Waals surface area (Å²) in [6.45, 7) is 10.6. The van der Waals surface area contributed by atoms with Gasteiger partial charge in [0.2, 0.25) is 0 Å². The van der Waals surface area contributed by atoms with Crippen LogP contribution in [0.25, 0.3) is 0 Å². The maximum absolute atomic E-state index is 12.5. The van der Waals surface area contributed by atoms with Crippen LogP contribution < -0.4 is 0 Å². The van der Waals surface area contributed by atoms with Crippen molar-refractivity contribution in [1.29, 1.82) is 0 Å². The van der Waals surface area contributed by atoms with Gasteiger partial charge in [-0.05, 0) is 56.4 Å². The molecule has 0 heterocycles. The van der Waals surface area contributed by atoms with Crippen molar-refractivity contribution in [3.63, 3.8) is 0 Å². The van der Waals surface area contributed by atoms with Gasteiger partial charge in [0.25, 0.3) is 0 Å². The Labute approximate surface area is 131 Å². The molecule has 118 valence electrons. The third kappa shape index (κ3) is 5.30. The Morgan fingerprint density at radius 1 is 0.810 bits per heavy atom. The van der Waals surface area contributed by atoms with Crippen LogP contribution in [-0.4, -0.2) is 5.78 Å². The van der Waals surface area contributed by atoms with E-state index >= 15 is 0 Å². The summed E-state index contributed by atoms with van der Waals surface area (Å²) in [7, 11) is 0. The fourth-order valence-corrected chi connectivity index (χ4v) is 3.00. The van der Waals surface area contributed by atoms with Crippen LogP contribution in [0.2, 0.25) is 0 Å². The van der Waals surface area contributed by atoms with Crippen LogP contribution in [0.15, 0.2) is 6.07 Å². The van der Waals surface area contributed by atoms with Crippen LogP contribution in [0.5, 0.6) is 0 Å². The number of carbonyl (C=O) groups is 1. The fourth-order valence-electron chi connectivity index (χ4n) is 3.00. The number of Topliss-reactive ketones (excluding diaryl/α,β-unsaturated/α-hetero) is 1. The van der Waals surface area contributed by atoms with Gasteiger partial charge in [-0.3, -0.25) is 4.79 Å². The molecule has 0 saturated heterocycles. The first-order valence-electron chi connectivity index (χ1n) is 8.59. The van der Waals surface area contributed by atoms with Crippen molar-refractivity contribution in [3.05, 3.63) is 33.9 Å². The van der Waals surface area contributed by atoms with Crippen molar-refractivity contribution in [2.75, 3.05) is 0 Å². The molecule has 0 fully saturated rings. The summed E-state index contributed by atoms with van der Waals surface area (Å²) in [5, 5.41) is 0. The van der Waals surface area contributed by atoms with Crippen LogP contribution in [0.1, 0.15) is 90.9 Å².